The van der Waals surface area contributed by atoms with Crippen molar-refractivity contribution < 1.29 is 9.90 Å². The molecule has 6 heteroatoms. The first-order valence-corrected chi connectivity index (χ1v) is 8.22. The molecule has 2 aliphatic rings. The smallest absolute Gasteiger partial charge is 0.339 e. The number of aromatic carboxylic acids is 1. The number of carbonyl (C=O) groups is 1. The van der Waals surface area contributed by atoms with Gasteiger partial charge in [-0.05, 0) is 43.7 Å². The van der Waals surface area contributed by atoms with Gasteiger partial charge in [0.25, 0.3) is 0 Å². The summed E-state index contributed by atoms with van der Waals surface area (Å²) >= 11 is 0. The number of carboxylic acid groups (broad SMARTS) is 1. The molecule has 0 spiro atoms. The zero-order valence-electron chi connectivity index (χ0n) is 13.0. The van der Waals surface area contributed by atoms with Crippen molar-refractivity contribution in [1.29, 1.82) is 0 Å². The van der Waals surface area contributed by atoms with Gasteiger partial charge in [-0.15, -0.1) is 0 Å². The SMILES string of the molecule is O=C(O)c1cc2c(nc1N1CCC[C@H](c3ncc[nH]3)C1)CCC2. The first kappa shape index (κ1) is 14.2. The van der Waals surface area contributed by atoms with E-state index in [-0.39, 0.29) is 0 Å². The predicted molar refractivity (Wildman–Crippen MR) is 86.0 cm³/mol. The molecule has 1 saturated heterocycles. The average molecular weight is 312 g/mol. The van der Waals surface area contributed by atoms with Crippen LogP contribution in [0.15, 0.2) is 18.5 Å². The van der Waals surface area contributed by atoms with Gasteiger partial charge in [0.1, 0.15) is 17.2 Å². The molecule has 6 nitrogen and oxygen atoms in total. The number of hydrogen-bond acceptors (Lipinski definition) is 4. The third kappa shape index (κ3) is 2.58. The lowest BCUT2D eigenvalue weighted by molar-refractivity contribution is 0.0697. The van der Waals surface area contributed by atoms with Crippen LogP contribution in [-0.4, -0.2) is 39.1 Å². The van der Waals surface area contributed by atoms with E-state index in [0.717, 1.165) is 62.3 Å². The van der Waals surface area contributed by atoms with E-state index in [1.54, 1.807) is 6.20 Å². The summed E-state index contributed by atoms with van der Waals surface area (Å²) < 4.78 is 0. The van der Waals surface area contributed by atoms with Gasteiger partial charge >= 0.3 is 5.97 Å². The molecule has 1 atom stereocenters. The van der Waals surface area contributed by atoms with E-state index in [9.17, 15) is 9.90 Å². The fourth-order valence-corrected chi connectivity index (χ4v) is 3.75. The van der Waals surface area contributed by atoms with Gasteiger partial charge in [-0.25, -0.2) is 14.8 Å². The Labute approximate surface area is 134 Å². The Bertz CT molecular complexity index is 726. The van der Waals surface area contributed by atoms with E-state index in [4.69, 9.17) is 4.98 Å². The second kappa shape index (κ2) is 5.68. The number of pyridine rings is 1. The number of nitrogens with zero attached hydrogens (tertiary/aromatic N) is 3. The molecular formula is C17H20N4O2. The highest BCUT2D eigenvalue weighted by Gasteiger charge is 2.28. The first-order valence-electron chi connectivity index (χ1n) is 8.22. The molecule has 2 aromatic rings. The van der Waals surface area contributed by atoms with Gasteiger partial charge in [0.15, 0.2) is 0 Å². The first-order chi connectivity index (χ1) is 11.2. The lowest BCUT2D eigenvalue weighted by Crippen LogP contribution is -2.36. The number of fused-ring (bicyclic) bond motifs is 1. The number of carboxylic acids is 1. The van der Waals surface area contributed by atoms with Crippen molar-refractivity contribution in [2.75, 3.05) is 18.0 Å². The summed E-state index contributed by atoms with van der Waals surface area (Å²) in [6.45, 7) is 1.61. The summed E-state index contributed by atoms with van der Waals surface area (Å²) in [7, 11) is 0. The third-order valence-corrected chi connectivity index (χ3v) is 4.89. The minimum Gasteiger partial charge on any atom is -0.478 e. The van der Waals surface area contributed by atoms with Crippen LogP contribution >= 0.6 is 0 Å². The van der Waals surface area contributed by atoms with Crippen LogP contribution in [0.4, 0.5) is 5.82 Å². The molecule has 0 aromatic carbocycles. The molecule has 3 heterocycles. The Kier molecular flexibility index (Phi) is 3.52. The molecule has 0 saturated carbocycles. The Balaban J connectivity index is 1.68. The van der Waals surface area contributed by atoms with Crippen LogP contribution in [-0.2, 0) is 12.8 Å². The molecule has 1 aliphatic heterocycles. The summed E-state index contributed by atoms with van der Waals surface area (Å²) in [5.74, 6) is 1.03. The maximum atomic E-state index is 11.7. The Hall–Kier alpha value is -2.37. The van der Waals surface area contributed by atoms with Crippen LogP contribution in [0.3, 0.4) is 0 Å². The van der Waals surface area contributed by atoms with Gasteiger partial charge in [0.2, 0.25) is 0 Å². The molecule has 0 bridgehead atoms. The largest absolute Gasteiger partial charge is 0.478 e. The highest BCUT2D eigenvalue weighted by Crippen LogP contribution is 2.32. The average Bonchev–Trinajstić information content (AvgIpc) is 3.24. The fraction of sp³-hybridized carbons (Fsp3) is 0.471. The van der Waals surface area contributed by atoms with E-state index in [2.05, 4.69) is 14.9 Å². The molecule has 4 rings (SSSR count). The van der Waals surface area contributed by atoms with Crippen molar-refractivity contribution in [1.82, 2.24) is 15.0 Å². The van der Waals surface area contributed by atoms with E-state index in [1.165, 1.54) is 0 Å². The van der Waals surface area contributed by atoms with Gasteiger partial charge in [0.05, 0.1) is 0 Å². The van der Waals surface area contributed by atoms with E-state index < -0.39 is 5.97 Å². The van der Waals surface area contributed by atoms with Crippen LogP contribution < -0.4 is 4.90 Å². The quantitative estimate of drug-likeness (QED) is 0.909. The van der Waals surface area contributed by atoms with Gasteiger partial charge in [-0.2, -0.15) is 0 Å². The summed E-state index contributed by atoms with van der Waals surface area (Å²) in [6.07, 6.45) is 8.66. The Morgan fingerprint density at radius 2 is 2.26 bits per heavy atom. The second-order valence-electron chi connectivity index (χ2n) is 6.38. The van der Waals surface area contributed by atoms with E-state index in [1.807, 2.05) is 12.3 Å². The standard InChI is InChI=1S/C17H20N4O2/c22-17(23)13-9-11-3-1-5-14(11)20-16(13)21-8-2-4-12(10-21)15-18-6-7-19-15/h6-7,9,12H,1-5,8,10H2,(H,18,19)(H,22,23)/t12-/m0/s1. The van der Waals surface area contributed by atoms with Gasteiger partial charge in [-0.3, -0.25) is 0 Å². The summed E-state index contributed by atoms with van der Waals surface area (Å²) in [5.41, 5.74) is 2.52. The predicted octanol–water partition coefficient (Wildman–Crippen LogP) is 2.38. The van der Waals surface area contributed by atoms with Crippen LogP contribution in [0, 0.1) is 0 Å². The van der Waals surface area contributed by atoms with Crippen molar-refractivity contribution in [3.63, 3.8) is 0 Å². The zero-order valence-corrected chi connectivity index (χ0v) is 13.0. The molecule has 1 aliphatic carbocycles. The van der Waals surface area contributed by atoms with E-state index in [0.29, 0.717) is 17.3 Å². The fourth-order valence-electron chi connectivity index (χ4n) is 3.75. The molecule has 120 valence electrons. The number of nitrogens with one attached hydrogen (secondary N) is 1. The molecular weight excluding hydrogens is 292 g/mol. The number of piperidine rings is 1. The molecule has 0 radical (unpaired) electrons. The van der Waals surface area contributed by atoms with Crippen LogP contribution in [0.1, 0.15) is 52.6 Å². The number of H-pyrrole nitrogens is 1. The zero-order chi connectivity index (χ0) is 15.8. The number of aryl methyl sites for hydroxylation is 2. The lowest BCUT2D eigenvalue weighted by atomic mass is 9.96. The highest BCUT2D eigenvalue weighted by molar-refractivity contribution is 5.93. The third-order valence-electron chi connectivity index (χ3n) is 4.89. The molecule has 2 aromatic heterocycles. The summed E-state index contributed by atoms with van der Waals surface area (Å²) in [6, 6.07) is 1.84. The Morgan fingerprint density at radius 1 is 1.35 bits per heavy atom. The second-order valence-corrected chi connectivity index (χ2v) is 6.38. The van der Waals surface area contributed by atoms with Crippen LogP contribution in [0.5, 0.6) is 0 Å². The monoisotopic (exact) mass is 312 g/mol. The van der Waals surface area contributed by atoms with Crippen LogP contribution in [0.25, 0.3) is 0 Å². The van der Waals surface area contributed by atoms with Crippen molar-refractivity contribution in [3.8, 4) is 0 Å². The van der Waals surface area contributed by atoms with Crippen molar-refractivity contribution in [2.45, 2.75) is 38.0 Å². The molecule has 2 N–H and O–H groups in total. The molecule has 23 heavy (non-hydrogen) atoms. The lowest BCUT2D eigenvalue weighted by Gasteiger charge is -2.33. The minimum atomic E-state index is -0.887. The Morgan fingerprint density at radius 3 is 3.04 bits per heavy atom. The maximum absolute atomic E-state index is 11.7. The molecule has 0 amide bonds. The number of imidazole rings is 1. The summed E-state index contributed by atoms with van der Waals surface area (Å²) in [5, 5.41) is 9.59. The number of hydrogen-bond donors (Lipinski definition) is 2. The maximum Gasteiger partial charge on any atom is 0.339 e. The van der Waals surface area contributed by atoms with Crippen molar-refractivity contribution in [3.05, 3.63) is 41.1 Å². The number of rotatable bonds is 3. The van der Waals surface area contributed by atoms with Crippen molar-refractivity contribution in [2.24, 2.45) is 0 Å². The molecule has 0 unspecified atom stereocenters. The number of aromatic nitrogens is 3. The topological polar surface area (TPSA) is 82.1 Å². The number of aromatic amines is 1. The van der Waals surface area contributed by atoms with Gasteiger partial charge in [-0.1, -0.05) is 0 Å². The van der Waals surface area contributed by atoms with Gasteiger partial charge < -0.3 is 15.0 Å². The van der Waals surface area contributed by atoms with Crippen molar-refractivity contribution >= 4 is 11.8 Å². The minimum absolute atomic E-state index is 0.301. The summed E-state index contributed by atoms with van der Waals surface area (Å²) in [4.78, 5) is 26.1. The normalized spacial score (nSPS) is 20.5. The van der Waals surface area contributed by atoms with Gasteiger partial charge in [0, 0.05) is 37.1 Å². The van der Waals surface area contributed by atoms with E-state index >= 15 is 0 Å². The highest BCUT2D eigenvalue weighted by atomic mass is 16.4. The molecule has 1 fully saturated rings. The van der Waals surface area contributed by atoms with Crippen LogP contribution in [0.2, 0.25) is 0 Å². The number of anilines is 1.